The number of piperidine rings is 1. The van der Waals surface area contributed by atoms with E-state index in [1.165, 1.54) is 0 Å². The van der Waals surface area contributed by atoms with Crippen LogP contribution in [0.2, 0.25) is 0 Å². The van der Waals surface area contributed by atoms with E-state index < -0.39 is 5.54 Å². The Morgan fingerprint density at radius 3 is 2.81 bits per heavy atom. The molecule has 4 heteroatoms. The number of carbonyl (C=O) groups is 1. The molecule has 1 aliphatic heterocycles. The van der Waals surface area contributed by atoms with E-state index in [4.69, 9.17) is 10.5 Å². The number of amides is 1. The van der Waals surface area contributed by atoms with Crippen molar-refractivity contribution < 1.29 is 9.53 Å². The zero-order chi connectivity index (χ0) is 12.2. The molecular formula is C12H24N2O2. The second-order valence-corrected chi connectivity index (χ2v) is 5.22. The molecule has 0 aromatic carbocycles. The Kier molecular flexibility index (Phi) is 4.74. The molecule has 94 valence electrons. The van der Waals surface area contributed by atoms with Crippen LogP contribution in [0.4, 0.5) is 0 Å². The van der Waals surface area contributed by atoms with Gasteiger partial charge in [0.2, 0.25) is 5.91 Å². The predicted molar refractivity (Wildman–Crippen MR) is 64.1 cm³/mol. The maximum Gasteiger partial charge on any atom is 0.224 e. The van der Waals surface area contributed by atoms with Crippen LogP contribution in [0.1, 0.15) is 40.0 Å². The van der Waals surface area contributed by atoms with Gasteiger partial charge in [0.05, 0.1) is 6.10 Å². The average Bonchev–Trinajstić information content (AvgIpc) is 2.16. The molecular weight excluding hydrogens is 204 g/mol. The summed E-state index contributed by atoms with van der Waals surface area (Å²) in [5.74, 6) is 0.150. The van der Waals surface area contributed by atoms with Gasteiger partial charge in [-0.1, -0.05) is 0 Å². The predicted octanol–water partition coefficient (Wildman–Crippen LogP) is 1.14. The number of likely N-dealkylation sites (tertiary alicyclic amines) is 1. The van der Waals surface area contributed by atoms with E-state index >= 15 is 0 Å². The first kappa shape index (κ1) is 13.5. The van der Waals surface area contributed by atoms with Gasteiger partial charge in [-0.3, -0.25) is 4.79 Å². The molecule has 0 bridgehead atoms. The van der Waals surface area contributed by atoms with Gasteiger partial charge in [-0.15, -0.1) is 0 Å². The molecule has 1 atom stereocenters. The number of hydrogen-bond donors (Lipinski definition) is 1. The second kappa shape index (κ2) is 5.64. The van der Waals surface area contributed by atoms with E-state index in [9.17, 15) is 4.79 Å². The summed E-state index contributed by atoms with van der Waals surface area (Å²) in [6.07, 6.45) is 2.71. The summed E-state index contributed by atoms with van der Waals surface area (Å²) in [5.41, 5.74) is 5.44. The molecule has 0 saturated carbocycles. The fourth-order valence-corrected chi connectivity index (χ4v) is 2.04. The van der Waals surface area contributed by atoms with E-state index in [0.717, 1.165) is 32.5 Å². The van der Waals surface area contributed by atoms with Crippen molar-refractivity contribution in [2.45, 2.75) is 51.7 Å². The highest BCUT2D eigenvalue weighted by Gasteiger charge is 2.26. The number of carbonyl (C=O) groups excluding carboxylic acids is 1. The topological polar surface area (TPSA) is 55.6 Å². The molecule has 0 spiro atoms. The van der Waals surface area contributed by atoms with Crippen LogP contribution in [-0.2, 0) is 9.53 Å². The van der Waals surface area contributed by atoms with Crippen LogP contribution in [0, 0.1) is 0 Å². The first-order valence-electron chi connectivity index (χ1n) is 6.10. The highest BCUT2D eigenvalue weighted by molar-refractivity contribution is 5.77. The first-order valence-corrected chi connectivity index (χ1v) is 6.10. The molecule has 0 radical (unpaired) electrons. The van der Waals surface area contributed by atoms with Gasteiger partial charge in [-0.25, -0.2) is 0 Å². The van der Waals surface area contributed by atoms with E-state index in [1.54, 1.807) is 0 Å². The van der Waals surface area contributed by atoms with Crippen LogP contribution in [-0.4, -0.2) is 42.1 Å². The zero-order valence-corrected chi connectivity index (χ0v) is 10.7. The minimum Gasteiger partial charge on any atom is -0.377 e. The lowest BCUT2D eigenvalue weighted by Gasteiger charge is -2.34. The summed E-state index contributed by atoms with van der Waals surface area (Å²) < 4.78 is 5.57. The van der Waals surface area contributed by atoms with Crippen LogP contribution in [0.5, 0.6) is 0 Å². The molecule has 0 aromatic heterocycles. The van der Waals surface area contributed by atoms with Crippen molar-refractivity contribution in [1.29, 1.82) is 0 Å². The largest absolute Gasteiger partial charge is 0.377 e. The standard InChI is InChI=1S/C12H24N2O2/c1-4-16-10-6-5-7-14(9-10)11(15)8-12(2,3)13/h10H,4-9,13H2,1-3H3. The Morgan fingerprint density at radius 2 is 2.25 bits per heavy atom. The third kappa shape index (κ3) is 4.49. The van der Waals surface area contributed by atoms with Crippen molar-refractivity contribution in [3.05, 3.63) is 0 Å². The third-order valence-corrected chi connectivity index (χ3v) is 2.74. The van der Waals surface area contributed by atoms with Gasteiger partial charge in [0, 0.05) is 31.7 Å². The van der Waals surface area contributed by atoms with Gasteiger partial charge >= 0.3 is 0 Å². The Hall–Kier alpha value is -0.610. The van der Waals surface area contributed by atoms with E-state index in [2.05, 4.69) is 0 Å². The number of nitrogens with zero attached hydrogens (tertiary/aromatic N) is 1. The van der Waals surface area contributed by atoms with Crippen molar-refractivity contribution in [3.8, 4) is 0 Å². The summed E-state index contributed by atoms with van der Waals surface area (Å²) in [4.78, 5) is 13.8. The smallest absolute Gasteiger partial charge is 0.224 e. The Bertz CT molecular complexity index is 234. The van der Waals surface area contributed by atoms with Gasteiger partial charge in [-0.05, 0) is 33.6 Å². The van der Waals surface area contributed by atoms with Crippen LogP contribution in [0.3, 0.4) is 0 Å². The van der Waals surface area contributed by atoms with Gasteiger partial charge in [-0.2, -0.15) is 0 Å². The molecule has 1 unspecified atom stereocenters. The summed E-state index contributed by atoms with van der Waals surface area (Å²) in [6.45, 7) is 8.05. The van der Waals surface area contributed by atoms with Crippen LogP contribution < -0.4 is 5.73 Å². The molecule has 16 heavy (non-hydrogen) atoms. The van der Waals surface area contributed by atoms with Gasteiger partial charge in [0.15, 0.2) is 0 Å². The van der Waals surface area contributed by atoms with Crippen molar-refractivity contribution >= 4 is 5.91 Å². The molecule has 1 saturated heterocycles. The lowest BCUT2D eigenvalue weighted by atomic mass is 10.00. The maximum absolute atomic E-state index is 12.0. The Morgan fingerprint density at radius 1 is 1.56 bits per heavy atom. The van der Waals surface area contributed by atoms with Crippen molar-refractivity contribution in [2.75, 3.05) is 19.7 Å². The van der Waals surface area contributed by atoms with Gasteiger partial charge in [0.1, 0.15) is 0 Å². The SMILES string of the molecule is CCOC1CCCN(C(=O)CC(C)(C)N)C1. The number of ether oxygens (including phenoxy) is 1. The minimum absolute atomic E-state index is 0.150. The maximum atomic E-state index is 12.0. The lowest BCUT2D eigenvalue weighted by molar-refractivity contribution is -0.136. The number of hydrogen-bond acceptors (Lipinski definition) is 3. The molecule has 4 nitrogen and oxygen atoms in total. The van der Waals surface area contributed by atoms with E-state index in [1.807, 2.05) is 25.7 Å². The molecule has 1 amide bonds. The highest BCUT2D eigenvalue weighted by atomic mass is 16.5. The third-order valence-electron chi connectivity index (χ3n) is 2.74. The highest BCUT2D eigenvalue weighted by Crippen LogP contribution is 2.16. The average molecular weight is 228 g/mol. The van der Waals surface area contributed by atoms with Crippen LogP contribution in [0.15, 0.2) is 0 Å². The Balaban J connectivity index is 2.44. The van der Waals surface area contributed by atoms with E-state index in [0.29, 0.717) is 6.42 Å². The quantitative estimate of drug-likeness (QED) is 0.785. The molecule has 1 aliphatic rings. The van der Waals surface area contributed by atoms with Gasteiger partial charge in [0.25, 0.3) is 0 Å². The molecule has 0 aromatic rings. The van der Waals surface area contributed by atoms with Crippen molar-refractivity contribution in [2.24, 2.45) is 5.73 Å². The normalized spacial score (nSPS) is 22.2. The minimum atomic E-state index is -0.421. The molecule has 1 heterocycles. The molecule has 0 aliphatic carbocycles. The van der Waals surface area contributed by atoms with Crippen molar-refractivity contribution in [1.82, 2.24) is 4.90 Å². The summed E-state index contributed by atoms with van der Waals surface area (Å²) >= 11 is 0. The summed E-state index contributed by atoms with van der Waals surface area (Å²) in [6, 6.07) is 0. The van der Waals surface area contributed by atoms with Crippen LogP contribution in [0.25, 0.3) is 0 Å². The molecule has 1 fully saturated rings. The number of nitrogens with two attached hydrogens (primary N) is 1. The first-order chi connectivity index (χ1) is 7.42. The molecule has 2 N–H and O–H groups in total. The second-order valence-electron chi connectivity index (χ2n) is 5.22. The molecule has 1 rings (SSSR count). The zero-order valence-electron chi connectivity index (χ0n) is 10.7. The summed E-state index contributed by atoms with van der Waals surface area (Å²) in [5, 5.41) is 0. The van der Waals surface area contributed by atoms with Gasteiger partial charge < -0.3 is 15.4 Å². The lowest BCUT2D eigenvalue weighted by Crippen LogP contribution is -2.47. The monoisotopic (exact) mass is 228 g/mol. The Labute approximate surface area is 98.1 Å². The fraction of sp³-hybridized carbons (Fsp3) is 0.917. The van der Waals surface area contributed by atoms with Crippen LogP contribution >= 0.6 is 0 Å². The number of rotatable bonds is 4. The fourth-order valence-electron chi connectivity index (χ4n) is 2.04. The van der Waals surface area contributed by atoms with E-state index in [-0.39, 0.29) is 12.0 Å². The summed E-state index contributed by atoms with van der Waals surface area (Å²) in [7, 11) is 0. The van der Waals surface area contributed by atoms with Crippen molar-refractivity contribution in [3.63, 3.8) is 0 Å².